The molecule has 0 bridgehead atoms. The van der Waals surface area contributed by atoms with E-state index in [1.807, 2.05) is 0 Å². The second-order valence-corrected chi connectivity index (χ2v) is 12.5. The quantitative estimate of drug-likeness (QED) is 0.595. The third-order valence-electron chi connectivity index (χ3n) is 8.25. The highest BCUT2D eigenvalue weighted by atomic mass is 16.6. The lowest BCUT2D eigenvalue weighted by Gasteiger charge is -2.51. The molecule has 0 aromatic heterocycles. The molecule has 4 nitrogen and oxygen atoms in total. The number of nitrogens with one attached hydrogen (secondary N) is 1. The van der Waals surface area contributed by atoms with E-state index in [0.717, 1.165) is 32.4 Å². The van der Waals surface area contributed by atoms with Crippen LogP contribution in [-0.2, 0) is 9.53 Å². The van der Waals surface area contributed by atoms with E-state index in [2.05, 4.69) is 37.9 Å². The minimum atomic E-state index is -0.204. The SMILES string of the molecule is CC1(C)CC2(CC(C)(C)N1)CC1(CCCCCCCCCCC1)N(CC1CO1)C2=O. The number of rotatable bonds is 2. The summed E-state index contributed by atoms with van der Waals surface area (Å²) in [6, 6.07) is 0. The van der Waals surface area contributed by atoms with Crippen LogP contribution in [0.2, 0.25) is 0 Å². The maximum absolute atomic E-state index is 14.2. The van der Waals surface area contributed by atoms with Gasteiger partial charge in [0, 0.05) is 23.2 Å². The fraction of sp³-hybridized carbons (Fsp3) is 0.962. The van der Waals surface area contributed by atoms with Crippen LogP contribution in [0.15, 0.2) is 0 Å². The number of epoxide rings is 1. The first-order valence-corrected chi connectivity index (χ1v) is 12.9. The smallest absolute Gasteiger partial charge is 0.229 e. The second kappa shape index (κ2) is 8.39. The Hall–Kier alpha value is -0.610. The van der Waals surface area contributed by atoms with E-state index in [1.165, 1.54) is 70.6 Å². The summed E-state index contributed by atoms with van der Waals surface area (Å²) in [5, 5.41) is 3.82. The lowest BCUT2D eigenvalue weighted by atomic mass is 9.62. The molecular weight excluding hydrogens is 372 g/mol. The molecular formula is C26H46N2O2. The maximum atomic E-state index is 14.2. The van der Waals surface area contributed by atoms with Crippen LogP contribution >= 0.6 is 0 Å². The Balaban J connectivity index is 1.64. The van der Waals surface area contributed by atoms with Crippen LogP contribution in [0, 0.1) is 5.41 Å². The summed E-state index contributed by atoms with van der Waals surface area (Å²) in [6.45, 7) is 10.8. The Morgan fingerprint density at radius 1 is 0.833 bits per heavy atom. The molecule has 4 heteroatoms. The molecule has 172 valence electrons. The van der Waals surface area contributed by atoms with E-state index in [4.69, 9.17) is 4.74 Å². The second-order valence-electron chi connectivity index (χ2n) is 12.5. The molecule has 3 saturated heterocycles. The molecule has 1 N–H and O–H groups in total. The first kappa shape index (κ1) is 22.6. The predicted molar refractivity (Wildman–Crippen MR) is 123 cm³/mol. The van der Waals surface area contributed by atoms with Crippen molar-refractivity contribution in [2.75, 3.05) is 13.2 Å². The molecule has 0 aromatic carbocycles. The number of nitrogens with zero attached hydrogens (tertiary/aromatic N) is 1. The fourth-order valence-corrected chi connectivity index (χ4v) is 7.71. The molecule has 2 spiro atoms. The van der Waals surface area contributed by atoms with Crippen LogP contribution in [0.3, 0.4) is 0 Å². The monoisotopic (exact) mass is 418 g/mol. The van der Waals surface area contributed by atoms with Gasteiger partial charge in [0.05, 0.1) is 18.1 Å². The third-order valence-corrected chi connectivity index (χ3v) is 8.25. The Kier molecular flexibility index (Phi) is 6.31. The minimum absolute atomic E-state index is 0.00389. The summed E-state index contributed by atoms with van der Waals surface area (Å²) >= 11 is 0. The van der Waals surface area contributed by atoms with Crippen LogP contribution in [0.4, 0.5) is 0 Å². The standard InChI is InChI=1S/C26H46N2O2/c1-23(2)18-25(19-24(3,4)27-23)20-26(28(22(25)29)16-21-17-30-21)14-12-10-8-6-5-7-9-11-13-15-26/h21,27H,5-20H2,1-4H3. The molecule has 4 aliphatic rings. The van der Waals surface area contributed by atoms with E-state index < -0.39 is 0 Å². The summed E-state index contributed by atoms with van der Waals surface area (Å²) in [5.41, 5.74) is -0.151. The highest BCUT2D eigenvalue weighted by Gasteiger charge is 2.63. The lowest BCUT2D eigenvalue weighted by Crippen LogP contribution is -2.62. The van der Waals surface area contributed by atoms with Crippen molar-refractivity contribution in [3.8, 4) is 0 Å². The van der Waals surface area contributed by atoms with Crippen LogP contribution in [0.1, 0.15) is 118 Å². The van der Waals surface area contributed by atoms with Gasteiger partial charge < -0.3 is 15.0 Å². The molecule has 1 saturated carbocycles. The average Bonchev–Trinajstić information content (AvgIpc) is 3.40. The minimum Gasteiger partial charge on any atom is -0.371 e. The van der Waals surface area contributed by atoms with Gasteiger partial charge in [-0.15, -0.1) is 0 Å². The van der Waals surface area contributed by atoms with Gasteiger partial charge in [0.1, 0.15) is 0 Å². The summed E-state index contributed by atoms with van der Waals surface area (Å²) in [4.78, 5) is 16.6. The summed E-state index contributed by atoms with van der Waals surface area (Å²) in [5.74, 6) is 0.452. The van der Waals surface area contributed by atoms with E-state index in [0.29, 0.717) is 5.91 Å². The highest BCUT2D eigenvalue weighted by Crippen LogP contribution is 2.57. The number of hydrogen-bond acceptors (Lipinski definition) is 3. The molecule has 1 atom stereocenters. The number of likely N-dealkylation sites (tertiary alicyclic amines) is 1. The molecule has 1 aliphatic carbocycles. The first-order chi connectivity index (χ1) is 14.2. The fourth-order valence-electron chi connectivity index (χ4n) is 7.71. The maximum Gasteiger partial charge on any atom is 0.229 e. The van der Waals surface area contributed by atoms with Crippen LogP contribution in [-0.4, -0.2) is 46.7 Å². The van der Waals surface area contributed by atoms with Crippen molar-refractivity contribution in [2.45, 2.75) is 140 Å². The number of ether oxygens (including phenoxy) is 1. The third kappa shape index (κ3) is 4.90. The van der Waals surface area contributed by atoms with Gasteiger partial charge in [-0.05, 0) is 59.8 Å². The van der Waals surface area contributed by atoms with E-state index >= 15 is 0 Å². The Bertz CT molecular complexity index is 595. The van der Waals surface area contributed by atoms with Crippen molar-refractivity contribution in [1.82, 2.24) is 10.2 Å². The normalized spacial score (nSPS) is 33.3. The van der Waals surface area contributed by atoms with Crippen molar-refractivity contribution in [3.63, 3.8) is 0 Å². The average molecular weight is 419 g/mol. The van der Waals surface area contributed by atoms with E-state index in [-0.39, 0.29) is 28.1 Å². The highest BCUT2D eigenvalue weighted by molar-refractivity contribution is 5.87. The van der Waals surface area contributed by atoms with Gasteiger partial charge in [-0.3, -0.25) is 4.79 Å². The van der Waals surface area contributed by atoms with Gasteiger partial charge in [-0.1, -0.05) is 57.8 Å². The van der Waals surface area contributed by atoms with Gasteiger partial charge in [-0.2, -0.15) is 0 Å². The van der Waals surface area contributed by atoms with Crippen molar-refractivity contribution >= 4 is 5.91 Å². The van der Waals surface area contributed by atoms with Crippen molar-refractivity contribution in [1.29, 1.82) is 0 Å². The molecule has 1 amide bonds. The zero-order chi connectivity index (χ0) is 21.5. The van der Waals surface area contributed by atoms with Crippen molar-refractivity contribution < 1.29 is 9.53 Å². The zero-order valence-corrected chi connectivity index (χ0v) is 20.2. The molecule has 3 aliphatic heterocycles. The molecule has 4 rings (SSSR count). The number of hydrogen-bond donors (Lipinski definition) is 1. The number of carbonyl (C=O) groups excluding carboxylic acids is 1. The van der Waals surface area contributed by atoms with Gasteiger partial charge in [0.2, 0.25) is 5.91 Å². The Morgan fingerprint density at radius 2 is 1.30 bits per heavy atom. The predicted octanol–water partition coefficient (Wildman–Crippen LogP) is 5.59. The molecule has 0 aromatic rings. The van der Waals surface area contributed by atoms with E-state index in [1.54, 1.807) is 0 Å². The zero-order valence-electron chi connectivity index (χ0n) is 20.2. The van der Waals surface area contributed by atoms with Crippen LogP contribution in [0.25, 0.3) is 0 Å². The number of piperidine rings is 1. The summed E-state index contributed by atoms with van der Waals surface area (Å²) in [7, 11) is 0. The molecule has 0 radical (unpaired) electrons. The van der Waals surface area contributed by atoms with Gasteiger partial charge >= 0.3 is 0 Å². The Morgan fingerprint density at radius 3 is 1.77 bits per heavy atom. The van der Waals surface area contributed by atoms with Crippen molar-refractivity contribution in [2.24, 2.45) is 5.41 Å². The summed E-state index contributed by atoms with van der Waals surface area (Å²) < 4.78 is 5.64. The molecule has 3 heterocycles. The number of amides is 1. The van der Waals surface area contributed by atoms with E-state index in [9.17, 15) is 4.79 Å². The van der Waals surface area contributed by atoms with Gasteiger partial charge in [-0.25, -0.2) is 0 Å². The molecule has 1 unspecified atom stereocenters. The lowest BCUT2D eigenvalue weighted by molar-refractivity contribution is -0.142. The number of carbonyl (C=O) groups is 1. The summed E-state index contributed by atoms with van der Waals surface area (Å²) in [6.07, 6.45) is 17.8. The molecule has 4 fully saturated rings. The Labute approximate surface area is 184 Å². The van der Waals surface area contributed by atoms with Crippen LogP contribution < -0.4 is 5.32 Å². The van der Waals surface area contributed by atoms with Gasteiger partial charge in [0.25, 0.3) is 0 Å². The van der Waals surface area contributed by atoms with Crippen LogP contribution in [0.5, 0.6) is 0 Å². The van der Waals surface area contributed by atoms with Gasteiger partial charge in [0.15, 0.2) is 0 Å². The first-order valence-electron chi connectivity index (χ1n) is 12.9. The topological polar surface area (TPSA) is 44.9 Å². The largest absolute Gasteiger partial charge is 0.371 e. The molecule has 30 heavy (non-hydrogen) atoms. The van der Waals surface area contributed by atoms with Crippen molar-refractivity contribution in [3.05, 3.63) is 0 Å².